The number of hydrogen-bond donors (Lipinski definition) is 1. The number of carboxylic acid groups (broad SMARTS) is 1. The molecule has 1 amide bonds. The summed E-state index contributed by atoms with van der Waals surface area (Å²) in [6.07, 6.45) is 0.247. The van der Waals surface area contributed by atoms with Gasteiger partial charge in [0.25, 0.3) is 5.69 Å². The van der Waals surface area contributed by atoms with Gasteiger partial charge in [0, 0.05) is 29.7 Å². The van der Waals surface area contributed by atoms with E-state index >= 15 is 0 Å². The first-order chi connectivity index (χ1) is 12.7. The molecule has 1 N–H and O–H groups in total. The van der Waals surface area contributed by atoms with E-state index in [1.54, 1.807) is 0 Å². The number of carbonyl (C=O) groups is 2. The van der Waals surface area contributed by atoms with E-state index in [9.17, 15) is 24.8 Å². The van der Waals surface area contributed by atoms with E-state index in [2.05, 4.69) is 5.32 Å². The Hall–Kier alpha value is -3.22. The van der Waals surface area contributed by atoms with Crippen LogP contribution in [0.5, 0.6) is 0 Å². The van der Waals surface area contributed by atoms with Gasteiger partial charge in [0.2, 0.25) is 5.91 Å². The average Bonchev–Trinajstić information content (AvgIpc) is 2.58. The van der Waals surface area contributed by atoms with E-state index in [0.29, 0.717) is 5.69 Å². The summed E-state index contributed by atoms with van der Waals surface area (Å²) in [6.45, 7) is 5.31. The minimum absolute atomic E-state index is 0.0945. The Balaban J connectivity index is 2.23. The smallest absolute Gasteiger partial charge is 0.269 e. The van der Waals surface area contributed by atoms with Crippen molar-refractivity contribution in [1.82, 2.24) is 0 Å². The highest BCUT2D eigenvalue weighted by Gasteiger charge is 2.27. The summed E-state index contributed by atoms with van der Waals surface area (Å²) in [7, 11) is 0. The second kappa shape index (κ2) is 8.44. The number of nitrogens with zero attached hydrogens (tertiary/aromatic N) is 1. The molecule has 7 heteroatoms. The SMILES string of the molecule is Cc1cc(C)cc(C[C@@H](C(=O)Nc2ccc([N+](=O)[O-])cc2)[C@H](C)C(=O)[O-])c1. The van der Waals surface area contributed by atoms with Crippen LogP contribution in [0.1, 0.15) is 23.6 Å². The zero-order valence-corrected chi connectivity index (χ0v) is 15.4. The first-order valence-electron chi connectivity index (χ1n) is 8.50. The van der Waals surface area contributed by atoms with Crippen LogP contribution in [0.15, 0.2) is 42.5 Å². The van der Waals surface area contributed by atoms with Crippen LogP contribution < -0.4 is 10.4 Å². The van der Waals surface area contributed by atoms with Crippen molar-refractivity contribution in [2.75, 3.05) is 5.32 Å². The topological polar surface area (TPSA) is 112 Å². The molecule has 0 bridgehead atoms. The summed E-state index contributed by atoms with van der Waals surface area (Å²) >= 11 is 0. The Morgan fingerprint density at radius 1 is 1.07 bits per heavy atom. The van der Waals surface area contributed by atoms with Crippen LogP contribution in [0.3, 0.4) is 0 Å². The highest BCUT2D eigenvalue weighted by atomic mass is 16.6. The lowest BCUT2D eigenvalue weighted by molar-refractivity contribution is -0.384. The van der Waals surface area contributed by atoms with Crippen molar-refractivity contribution >= 4 is 23.3 Å². The lowest BCUT2D eigenvalue weighted by atomic mass is 9.86. The molecular formula is C20H21N2O5-. The second-order valence-electron chi connectivity index (χ2n) is 6.71. The number of nitro benzene ring substituents is 1. The molecule has 2 aromatic carbocycles. The number of nitrogens with one attached hydrogen (secondary N) is 1. The molecule has 0 unspecified atom stereocenters. The van der Waals surface area contributed by atoms with Gasteiger partial charge in [-0.2, -0.15) is 0 Å². The maximum Gasteiger partial charge on any atom is 0.269 e. The number of carbonyl (C=O) groups excluding carboxylic acids is 2. The largest absolute Gasteiger partial charge is 0.550 e. The number of anilines is 1. The van der Waals surface area contributed by atoms with Crippen molar-refractivity contribution in [3.63, 3.8) is 0 Å². The van der Waals surface area contributed by atoms with E-state index in [1.165, 1.54) is 31.2 Å². The summed E-state index contributed by atoms with van der Waals surface area (Å²) in [5, 5.41) is 24.7. The number of rotatable bonds is 7. The standard InChI is InChI=1S/C20H22N2O5/c1-12-8-13(2)10-15(9-12)11-18(14(3)20(24)25)19(23)21-16-4-6-17(7-5-16)22(26)27/h4-10,14,18H,11H2,1-3H3,(H,21,23)(H,24,25)/p-1/t14-,18+/m0/s1. The van der Waals surface area contributed by atoms with Crippen molar-refractivity contribution in [3.8, 4) is 0 Å². The maximum absolute atomic E-state index is 12.7. The maximum atomic E-state index is 12.7. The molecule has 0 aliphatic rings. The van der Waals surface area contributed by atoms with Crippen molar-refractivity contribution in [1.29, 1.82) is 0 Å². The summed E-state index contributed by atoms with van der Waals surface area (Å²) in [5.41, 5.74) is 3.19. The fourth-order valence-corrected chi connectivity index (χ4v) is 3.00. The lowest BCUT2D eigenvalue weighted by Crippen LogP contribution is -2.40. The third-order valence-electron chi connectivity index (χ3n) is 4.39. The Morgan fingerprint density at radius 3 is 2.11 bits per heavy atom. The van der Waals surface area contributed by atoms with Gasteiger partial charge in [-0.05, 0) is 38.0 Å². The number of hydrogen-bond acceptors (Lipinski definition) is 5. The monoisotopic (exact) mass is 369 g/mol. The number of nitro groups is 1. The zero-order chi connectivity index (χ0) is 20.1. The molecule has 0 spiro atoms. The molecule has 0 saturated heterocycles. The minimum atomic E-state index is -1.30. The lowest BCUT2D eigenvalue weighted by Gasteiger charge is -2.24. The molecule has 0 aliphatic carbocycles. The molecule has 0 heterocycles. The van der Waals surface area contributed by atoms with E-state index in [-0.39, 0.29) is 12.1 Å². The van der Waals surface area contributed by atoms with Crippen molar-refractivity contribution in [2.45, 2.75) is 27.2 Å². The first kappa shape index (κ1) is 20.1. The van der Waals surface area contributed by atoms with Gasteiger partial charge in [-0.15, -0.1) is 0 Å². The van der Waals surface area contributed by atoms with Crippen LogP contribution in [-0.2, 0) is 16.0 Å². The third kappa shape index (κ3) is 5.37. The highest BCUT2D eigenvalue weighted by molar-refractivity contribution is 5.95. The molecule has 7 nitrogen and oxygen atoms in total. The van der Waals surface area contributed by atoms with Crippen LogP contribution in [0, 0.1) is 35.8 Å². The molecule has 0 saturated carbocycles. The zero-order valence-electron chi connectivity index (χ0n) is 15.4. The molecule has 27 heavy (non-hydrogen) atoms. The van der Waals surface area contributed by atoms with Crippen LogP contribution in [0.4, 0.5) is 11.4 Å². The Labute approximate surface area is 157 Å². The van der Waals surface area contributed by atoms with Crippen molar-refractivity contribution in [2.24, 2.45) is 11.8 Å². The summed E-state index contributed by atoms with van der Waals surface area (Å²) in [5.74, 6) is -3.61. The summed E-state index contributed by atoms with van der Waals surface area (Å²) < 4.78 is 0. The van der Waals surface area contributed by atoms with Gasteiger partial charge in [-0.1, -0.05) is 36.2 Å². The molecule has 142 valence electrons. The van der Waals surface area contributed by atoms with Gasteiger partial charge in [-0.25, -0.2) is 0 Å². The number of carboxylic acids is 1. The van der Waals surface area contributed by atoms with Crippen LogP contribution in [0.25, 0.3) is 0 Å². The number of aliphatic carboxylic acids is 1. The van der Waals surface area contributed by atoms with Gasteiger partial charge in [0.1, 0.15) is 0 Å². The molecule has 2 rings (SSSR count). The average molecular weight is 369 g/mol. The van der Waals surface area contributed by atoms with Gasteiger partial charge in [0.05, 0.1) is 10.8 Å². The fourth-order valence-electron chi connectivity index (χ4n) is 3.00. The van der Waals surface area contributed by atoms with Crippen molar-refractivity contribution < 1.29 is 19.6 Å². The molecule has 2 atom stereocenters. The highest BCUT2D eigenvalue weighted by Crippen LogP contribution is 2.23. The Kier molecular flexibility index (Phi) is 6.28. The fraction of sp³-hybridized carbons (Fsp3) is 0.300. The Bertz CT molecular complexity index is 841. The number of benzene rings is 2. The van der Waals surface area contributed by atoms with E-state index in [0.717, 1.165) is 16.7 Å². The van der Waals surface area contributed by atoms with Crippen LogP contribution >= 0.6 is 0 Å². The molecule has 0 aliphatic heterocycles. The molecule has 0 radical (unpaired) electrons. The van der Waals surface area contributed by atoms with Crippen LogP contribution in [0.2, 0.25) is 0 Å². The number of amides is 1. The van der Waals surface area contributed by atoms with Gasteiger partial charge in [-0.3, -0.25) is 14.9 Å². The first-order valence-corrected chi connectivity index (χ1v) is 8.50. The second-order valence-corrected chi connectivity index (χ2v) is 6.71. The number of aryl methyl sites for hydroxylation is 2. The van der Waals surface area contributed by atoms with E-state index < -0.39 is 28.6 Å². The molecular weight excluding hydrogens is 348 g/mol. The van der Waals surface area contributed by atoms with Gasteiger partial charge >= 0.3 is 0 Å². The molecule has 0 aromatic heterocycles. The van der Waals surface area contributed by atoms with E-state index in [1.807, 2.05) is 32.0 Å². The molecule has 2 aromatic rings. The van der Waals surface area contributed by atoms with Crippen LogP contribution in [-0.4, -0.2) is 16.8 Å². The van der Waals surface area contributed by atoms with Gasteiger partial charge in [0.15, 0.2) is 0 Å². The molecule has 0 fully saturated rings. The Morgan fingerprint density at radius 2 is 1.63 bits per heavy atom. The predicted molar refractivity (Wildman–Crippen MR) is 99.0 cm³/mol. The number of non-ortho nitro benzene ring substituents is 1. The van der Waals surface area contributed by atoms with E-state index in [4.69, 9.17) is 0 Å². The minimum Gasteiger partial charge on any atom is -0.550 e. The summed E-state index contributed by atoms with van der Waals surface area (Å²) in [6, 6.07) is 11.2. The third-order valence-corrected chi connectivity index (χ3v) is 4.39. The normalized spacial score (nSPS) is 12.9. The summed E-state index contributed by atoms with van der Waals surface area (Å²) in [4.78, 5) is 34.3. The predicted octanol–water partition coefficient (Wildman–Crippen LogP) is 2.40. The van der Waals surface area contributed by atoms with Gasteiger partial charge < -0.3 is 15.2 Å². The van der Waals surface area contributed by atoms with Crippen molar-refractivity contribution in [3.05, 3.63) is 69.3 Å². The quantitative estimate of drug-likeness (QED) is 0.595.